The summed E-state index contributed by atoms with van der Waals surface area (Å²) in [6.07, 6.45) is -29.5. The van der Waals surface area contributed by atoms with Crippen molar-refractivity contribution in [2.75, 3.05) is 19.8 Å². The van der Waals surface area contributed by atoms with Crippen LogP contribution in [-0.2, 0) is 32.3 Å². The molecule has 0 aromatic rings. The summed E-state index contributed by atoms with van der Waals surface area (Å²) in [5.41, 5.74) is 0. The Balaban J connectivity index is 1.91. The number of phosphoric ester groups is 1. The van der Waals surface area contributed by atoms with Crippen LogP contribution in [0.15, 0.2) is 0 Å². The molecular weight excluding hydrogens is 551 g/mol. The van der Waals surface area contributed by atoms with E-state index < -0.39 is 120 Å². The maximum atomic E-state index is 13.7. The molecule has 224 valence electrons. The molecule has 3 rings (SSSR count). The highest BCUT2D eigenvalue weighted by molar-refractivity contribution is 7.48. The Kier molecular flexibility index (Phi) is 11.0. The average molecular weight is 584 g/mol. The molecule has 0 aromatic heterocycles. The standard InChI is InChI=1S/C18H33O19P/c19-1-4-7(22)10(25)13(28)16(32-4)35-38(31,36-17-14(29)11(26)8(23)5(2-20)33-17)37-18-15(30)12(27)9(24)6(3-21)34-18/h4-30H,1-3H2/t4-,5-,6-,7-,8-,9-,10+,11+,12+,13-,14-,15-,16?,17?,18?,38?/m1/s1. The summed E-state index contributed by atoms with van der Waals surface area (Å²) in [6.45, 7) is -2.76. The van der Waals surface area contributed by atoms with Crippen molar-refractivity contribution in [3.63, 3.8) is 0 Å². The first-order valence-electron chi connectivity index (χ1n) is 11.3. The summed E-state index contributed by atoms with van der Waals surface area (Å²) in [6, 6.07) is 0. The van der Waals surface area contributed by atoms with Crippen molar-refractivity contribution >= 4 is 7.82 Å². The number of ether oxygens (including phenoxy) is 3. The Hall–Kier alpha value is -0.490. The largest absolute Gasteiger partial charge is 0.482 e. The molecule has 0 bridgehead atoms. The predicted octanol–water partition coefficient (Wildman–Crippen LogP) is -7.46. The van der Waals surface area contributed by atoms with Crippen molar-refractivity contribution in [2.24, 2.45) is 0 Å². The molecule has 0 aliphatic carbocycles. The fourth-order valence-electron chi connectivity index (χ4n) is 3.92. The Labute approximate surface area is 214 Å². The summed E-state index contributed by atoms with van der Waals surface area (Å²) >= 11 is 0. The van der Waals surface area contributed by atoms with Gasteiger partial charge < -0.3 is 75.5 Å². The smallest absolute Gasteiger partial charge is 0.394 e. The molecule has 0 saturated carbocycles. The maximum Gasteiger partial charge on any atom is 0.482 e. The van der Waals surface area contributed by atoms with Gasteiger partial charge in [-0.2, -0.15) is 0 Å². The van der Waals surface area contributed by atoms with Crippen LogP contribution in [0.1, 0.15) is 0 Å². The fraction of sp³-hybridized carbons (Fsp3) is 1.00. The molecule has 20 heteroatoms. The molecule has 15 atom stereocenters. The normalized spacial score (nSPS) is 49.9. The zero-order valence-corrected chi connectivity index (χ0v) is 20.3. The van der Waals surface area contributed by atoms with Gasteiger partial charge in [-0.25, -0.2) is 4.57 Å². The Morgan fingerprint density at radius 3 is 0.895 bits per heavy atom. The lowest BCUT2D eigenvalue weighted by Crippen LogP contribution is -2.60. The topological polar surface area (TPSA) is 315 Å². The van der Waals surface area contributed by atoms with Gasteiger partial charge in [-0.3, -0.25) is 13.6 Å². The highest BCUT2D eigenvalue weighted by Crippen LogP contribution is 2.56. The molecule has 12 N–H and O–H groups in total. The van der Waals surface area contributed by atoms with Crippen molar-refractivity contribution in [1.29, 1.82) is 0 Å². The maximum absolute atomic E-state index is 13.7. The van der Waals surface area contributed by atoms with Gasteiger partial charge in [-0.05, 0) is 0 Å². The van der Waals surface area contributed by atoms with Crippen LogP contribution in [0.2, 0.25) is 0 Å². The minimum Gasteiger partial charge on any atom is -0.394 e. The highest BCUT2D eigenvalue weighted by atomic mass is 31.2. The lowest BCUT2D eigenvalue weighted by Gasteiger charge is -2.44. The van der Waals surface area contributed by atoms with Gasteiger partial charge in [0.1, 0.15) is 73.2 Å². The summed E-state index contributed by atoms with van der Waals surface area (Å²) in [7, 11) is -5.46. The average Bonchev–Trinajstić information content (AvgIpc) is 2.89. The predicted molar refractivity (Wildman–Crippen MR) is 112 cm³/mol. The van der Waals surface area contributed by atoms with E-state index in [9.17, 15) is 65.8 Å². The molecule has 3 aliphatic heterocycles. The van der Waals surface area contributed by atoms with E-state index in [4.69, 9.17) is 27.8 Å². The van der Waals surface area contributed by atoms with Crippen molar-refractivity contribution in [2.45, 2.75) is 92.1 Å². The Morgan fingerprint density at radius 2 is 0.684 bits per heavy atom. The number of phosphoric acid groups is 1. The monoisotopic (exact) mass is 584 g/mol. The van der Waals surface area contributed by atoms with Gasteiger partial charge in [0.05, 0.1) is 19.8 Å². The Morgan fingerprint density at radius 1 is 0.447 bits per heavy atom. The lowest BCUT2D eigenvalue weighted by molar-refractivity contribution is -0.311. The van der Waals surface area contributed by atoms with Gasteiger partial charge in [0.2, 0.25) is 0 Å². The van der Waals surface area contributed by atoms with E-state index in [2.05, 4.69) is 0 Å². The second-order valence-corrected chi connectivity index (χ2v) is 10.4. The molecule has 3 saturated heterocycles. The molecule has 3 unspecified atom stereocenters. The third-order valence-electron chi connectivity index (χ3n) is 6.24. The Bertz CT molecular complexity index is 700. The molecular formula is C18H33O19P. The van der Waals surface area contributed by atoms with Crippen LogP contribution < -0.4 is 0 Å². The third kappa shape index (κ3) is 6.52. The van der Waals surface area contributed by atoms with E-state index in [0.29, 0.717) is 0 Å². The summed E-state index contributed by atoms with van der Waals surface area (Å²) in [5.74, 6) is 0. The molecule has 3 heterocycles. The number of rotatable bonds is 9. The number of hydrogen-bond acceptors (Lipinski definition) is 19. The molecule has 0 spiro atoms. The van der Waals surface area contributed by atoms with Crippen molar-refractivity contribution < 1.29 is 93.6 Å². The zero-order chi connectivity index (χ0) is 28.5. The van der Waals surface area contributed by atoms with Crippen molar-refractivity contribution in [3.8, 4) is 0 Å². The van der Waals surface area contributed by atoms with Gasteiger partial charge in [0, 0.05) is 0 Å². The number of aliphatic hydroxyl groups excluding tert-OH is 12. The molecule has 0 amide bonds. The van der Waals surface area contributed by atoms with Crippen LogP contribution in [0, 0.1) is 0 Å². The van der Waals surface area contributed by atoms with E-state index in [1.165, 1.54) is 0 Å². The molecule has 38 heavy (non-hydrogen) atoms. The highest BCUT2D eigenvalue weighted by Gasteiger charge is 2.54. The fourth-order valence-corrected chi connectivity index (χ4v) is 5.36. The van der Waals surface area contributed by atoms with Crippen LogP contribution in [0.4, 0.5) is 0 Å². The summed E-state index contributed by atoms with van der Waals surface area (Å²) in [4.78, 5) is 0. The van der Waals surface area contributed by atoms with Crippen molar-refractivity contribution in [3.05, 3.63) is 0 Å². The third-order valence-corrected chi connectivity index (χ3v) is 7.64. The van der Waals surface area contributed by atoms with E-state index in [1.807, 2.05) is 0 Å². The molecule has 0 radical (unpaired) electrons. The first-order chi connectivity index (χ1) is 17.8. The lowest BCUT2D eigenvalue weighted by atomic mass is 9.99. The van der Waals surface area contributed by atoms with Crippen molar-refractivity contribution in [1.82, 2.24) is 0 Å². The quantitative estimate of drug-likeness (QED) is 0.112. The van der Waals surface area contributed by atoms with Gasteiger partial charge in [0.25, 0.3) is 0 Å². The second-order valence-electron chi connectivity index (χ2n) is 8.86. The summed E-state index contributed by atoms with van der Waals surface area (Å²) in [5, 5.41) is 119. The molecule has 0 aromatic carbocycles. The molecule has 3 aliphatic rings. The van der Waals surface area contributed by atoms with E-state index in [0.717, 1.165) is 0 Å². The van der Waals surface area contributed by atoms with Gasteiger partial charge in [-0.1, -0.05) is 0 Å². The minimum absolute atomic E-state index is 0.920. The summed E-state index contributed by atoms with van der Waals surface area (Å²) < 4.78 is 44.2. The van der Waals surface area contributed by atoms with E-state index in [-0.39, 0.29) is 0 Å². The van der Waals surface area contributed by atoms with Crippen LogP contribution in [0.3, 0.4) is 0 Å². The number of aliphatic hydroxyl groups is 12. The zero-order valence-electron chi connectivity index (χ0n) is 19.5. The second kappa shape index (κ2) is 13.0. The van der Waals surface area contributed by atoms with Crippen LogP contribution in [0.5, 0.6) is 0 Å². The van der Waals surface area contributed by atoms with Gasteiger partial charge in [-0.15, -0.1) is 0 Å². The van der Waals surface area contributed by atoms with Gasteiger partial charge in [0.15, 0.2) is 18.9 Å². The molecule has 19 nitrogen and oxygen atoms in total. The molecule has 3 fully saturated rings. The number of hydrogen-bond donors (Lipinski definition) is 12. The van der Waals surface area contributed by atoms with E-state index >= 15 is 0 Å². The van der Waals surface area contributed by atoms with Crippen LogP contribution >= 0.6 is 7.82 Å². The first-order valence-corrected chi connectivity index (χ1v) is 12.8. The van der Waals surface area contributed by atoms with Crippen LogP contribution in [0.25, 0.3) is 0 Å². The van der Waals surface area contributed by atoms with Gasteiger partial charge >= 0.3 is 7.82 Å². The minimum atomic E-state index is -5.46. The SMILES string of the molecule is O=P(OC1O[C@H](CO)[C@@H](O)[C@H](O)[C@H]1O)(OC1O[C@H](CO)[C@@H](O)[C@H](O)[C@H]1O)OC1O[C@H](CO)[C@@H](O)[C@H](O)[C@H]1O. The van der Waals surface area contributed by atoms with E-state index in [1.54, 1.807) is 0 Å². The first kappa shape index (κ1) is 32.0. The van der Waals surface area contributed by atoms with Crippen LogP contribution in [-0.4, -0.2) is 173 Å².